The number of nitrogens with zero attached hydrogens (tertiary/aromatic N) is 1. The third-order valence-electron chi connectivity index (χ3n) is 7.83. The minimum atomic E-state index is -4.48. The summed E-state index contributed by atoms with van der Waals surface area (Å²) in [5, 5.41) is 11.0. The van der Waals surface area contributed by atoms with Gasteiger partial charge in [-0.05, 0) is 12.1 Å². The number of carbonyl (C=O) groups is 7. The van der Waals surface area contributed by atoms with Crippen molar-refractivity contribution < 1.29 is 103 Å². The Morgan fingerprint density at radius 2 is 0.983 bits per heavy atom. The summed E-state index contributed by atoms with van der Waals surface area (Å²) in [6.45, 7) is 4.36. The zero-order valence-electron chi connectivity index (χ0n) is 32.7. The Morgan fingerprint density at radius 3 is 1.44 bits per heavy atom. The van der Waals surface area contributed by atoms with E-state index in [0.717, 1.165) is 72.7 Å². The second-order valence-electron chi connectivity index (χ2n) is 12.6. The molecule has 2 fully saturated rings. The highest BCUT2D eigenvalue weighted by Gasteiger charge is 2.57. The Morgan fingerprint density at radius 1 is 0.576 bits per heavy atom. The molecule has 0 saturated carbocycles. The second kappa shape index (κ2) is 21.6. The Bertz CT molecular complexity index is 1820. The molecule has 1 aromatic rings. The number of rotatable bonds is 18. The number of hydrogen-bond donors (Lipinski definition) is 0. The zero-order chi connectivity index (χ0) is 44.2. The van der Waals surface area contributed by atoms with Crippen molar-refractivity contribution in [2.45, 2.75) is 115 Å². The summed E-state index contributed by atoms with van der Waals surface area (Å²) in [7, 11) is -4.48. The maximum absolute atomic E-state index is 12.7. The fraction of sp³-hybridized carbons (Fsp3) is 0.618. The van der Waals surface area contributed by atoms with Crippen LogP contribution in [0.1, 0.15) is 48.5 Å². The third-order valence-corrected chi connectivity index (χ3v) is 9.15. The second-order valence-corrected chi connectivity index (χ2v) is 14.2. The molecular formula is C34H43NO23S. The van der Waals surface area contributed by atoms with Crippen LogP contribution >= 0.6 is 0 Å². The molecule has 24 nitrogen and oxygen atoms in total. The number of benzene rings is 1. The van der Waals surface area contributed by atoms with Gasteiger partial charge in [-0.15, -0.1) is 0 Å². The van der Waals surface area contributed by atoms with Gasteiger partial charge in [0.1, 0.15) is 31.5 Å². The molecule has 3 rings (SSSR count). The molecule has 0 unspecified atom stereocenters. The maximum atomic E-state index is 12.7. The predicted molar refractivity (Wildman–Crippen MR) is 185 cm³/mol. The molecule has 328 valence electrons. The average Bonchev–Trinajstić information content (AvgIpc) is 3.12. The molecule has 0 aromatic heterocycles. The number of carbonyl (C=O) groups excluding carboxylic acids is 7. The first-order valence-corrected chi connectivity index (χ1v) is 18.8. The molecule has 0 radical (unpaired) electrons. The van der Waals surface area contributed by atoms with E-state index in [1.54, 1.807) is 0 Å². The van der Waals surface area contributed by atoms with Gasteiger partial charge in [0.15, 0.2) is 43.1 Å². The SMILES string of the molecule is CC(=O)OC[C@H]1O[C@@H](O[C@H]2[C@H](OC(C)=O)[C@@H](OC(C)=O)[C@H](OCCOS(=O)(=O)c3ccc([N+](=O)[O-])cc3)O[C@@H]2COC(C)=O)[C@H](OC(C)=O)[C@@H](OC(C)=O)[C@H]1OC(C)=O. The lowest BCUT2D eigenvalue weighted by Crippen LogP contribution is -2.67. The Labute approximate surface area is 336 Å². The number of hydrogen-bond acceptors (Lipinski definition) is 23. The van der Waals surface area contributed by atoms with Crippen LogP contribution in [0.25, 0.3) is 0 Å². The van der Waals surface area contributed by atoms with Gasteiger partial charge in [0, 0.05) is 60.6 Å². The quantitative estimate of drug-likeness (QED) is 0.0466. The van der Waals surface area contributed by atoms with E-state index in [1.807, 2.05) is 0 Å². The van der Waals surface area contributed by atoms with Crippen molar-refractivity contribution in [2.24, 2.45) is 0 Å². The molecule has 2 heterocycles. The number of non-ortho nitro benzene ring substituents is 1. The van der Waals surface area contributed by atoms with Gasteiger partial charge in [-0.25, -0.2) is 0 Å². The number of nitro groups is 1. The summed E-state index contributed by atoms with van der Waals surface area (Å²) in [5.41, 5.74) is -0.375. The van der Waals surface area contributed by atoms with Crippen LogP contribution in [0.15, 0.2) is 29.2 Å². The van der Waals surface area contributed by atoms with E-state index in [4.69, 9.17) is 56.3 Å². The van der Waals surface area contributed by atoms with E-state index in [9.17, 15) is 52.1 Å². The van der Waals surface area contributed by atoms with Crippen LogP contribution in [-0.2, 0) is 100.0 Å². The standard InChI is InChI=1S/C34H43NO23S/c1-16(36)48-14-25-27(51-18(3)38)29(52-19(4)39)32(55-22(7)42)34(57-25)58-28-26(15-49-17(2)37)56-33(31(54-21(6)41)30(28)53-20(5)40)47-12-13-50-59(45,46)24-10-8-23(9-11-24)35(43)44/h8-11,25-34H,12-15H2,1-7H3/t25-,26-,27+,28-,29+,30+,31-,32-,33-,34+/m1/s1. The van der Waals surface area contributed by atoms with Crippen LogP contribution in [0.4, 0.5) is 5.69 Å². The summed E-state index contributed by atoms with van der Waals surface area (Å²) in [6.07, 6.45) is -17.0. The Hall–Kier alpha value is -5.34. The van der Waals surface area contributed by atoms with E-state index in [-0.39, 0.29) is 5.69 Å². The molecule has 1 aromatic carbocycles. The highest BCUT2D eigenvalue weighted by Crippen LogP contribution is 2.35. The van der Waals surface area contributed by atoms with E-state index < -0.39 is 150 Å². The van der Waals surface area contributed by atoms with Gasteiger partial charge in [0.05, 0.1) is 23.0 Å². The van der Waals surface area contributed by atoms with Crippen LogP contribution in [0.3, 0.4) is 0 Å². The lowest BCUT2D eigenvalue weighted by atomic mass is 9.96. The Kier molecular flexibility index (Phi) is 17.6. The maximum Gasteiger partial charge on any atom is 0.303 e. The first-order chi connectivity index (χ1) is 27.6. The highest BCUT2D eigenvalue weighted by atomic mass is 32.2. The Balaban J connectivity index is 2.04. The fourth-order valence-electron chi connectivity index (χ4n) is 5.72. The van der Waals surface area contributed by atoms with E-state index >= 15 is 0 Å². The molecular weight excluding hydrogens is 822 g/mol. The molecule has 0 bridgehead atoms. The average molecular weight is 866 g/mol. The topological polar surface area (TPSA) is 308 Å². The molecule has 0 amide bonds. The number of esters is 7. The van der Waals surface area contributed by atoms with Crippen molar-refractivity contribution in [3.05, 3.63) is 34.4 Å². The molecule has 2 saturated heterocycles. The fourth-order valence-corrected chi connectivity index (χ4v) is 6.61. The van der Waals surface area contributed by atoms with E-state index in [1.165, 1.54) is 0 Å². The highest BCUT2D eigenvalue weighted by molar-refractivity contribution is 7.86. The van der Waals surface area contributed by atoms with Gasteiger partial charge in [0.25, 0.3) is 15.8 Å². The van der Waals surface area contributed by atoms with Crippen LogP contribution < -0.4 is 0 Å². The van der Waals surface area contributed by atoms with Crippen LogP contribution in [0.5, 0.6) is 0 Å². The molecule has 25 heteroatoms. The van der Waals surface area contributed by atoms with Crippen molar-refractivity contribution in [1.29, 1.82) is 0 Å². The van der Waals surface area contributed by atoms with Crippen LogP contribution in [0, 0.1) is 10.1 Å². The molecule has 0 spiro atoms. The lowest BCUT2D eigenvalue weighted by molar-refractivity contribution is -0.384. The van der Waals surface area contributed by atoms with Crippen LogP contribution in [-0.4, -0.2) is 143 Å². The van der Waals surface area contributed by atoms with Gasteiger partial charge < -0.3 is 52.1 Å². The summed E-state index contributed by atoms with van der Waals surface area (Å²) < 4.78 is 91.9. The first kappa shape index (κ1) is 48.0. The number of ether oxygens (including phenoxy) is 11. The minimum Gasteiger partial charge on any atom is -0.463 e. The lowest BCUT2D eigenvalue weighted by Gasteiger charge is -2.48. The molecule has 0 aliphatic carbocycles. The summed E-state index contributed by atoms with van der Waals surface area (Å²) in [5.74, 6) is -6.47. The van der Waals surface area contributed by atoms with Crippen molar-refractivity contribution in [3.63, 3.8) is 0 Å². The van der Waals surface area contributed by atoms with Crippen molar-refractivity contribution in [3.8, 4) is 0 Å². The van der Waals surface area contributed by atoms with Gasteiger partial charge in [-0.2, -0.15) is 8.42 Å². The van der Waals surface area contributed by atoms with Crippen LogP contribution in [0.2, 0.25) is 0 Å². The molecule has 10 atom stereocenters. The zero-order valence-corrected chi connectivity index (χ0v) is 33.5. The smallest absolute Gasteiger partial charge is 0.303 e. The first-order valence-electron chi connectivity index (χ1n) is 17.4. The van der Waals surface area contributed by atoms with Crippen molar-refractivity contribution >= 4 is 57.6 Å². The third kappa shape index (κ3) is 14.5. The monoisotopic (exact) mass is 865 g/mol. The van der Waals surface area contributed by atoms with Gasteiger partial charge in [-0.1, -0.05) is 0 Å². The number of nitro benzene ring substituents is 1. The van der Waals surface area contributed by atoms with Gasteiger partial charge >= 0.3 is 41.8 Å². The normalized spacial score (nSPS) is 26.6. The van der Waals surface area contributed by atoms with Crippen molar-refractivity contribution in [1.82, 2.24) is 0 Å². The minimum absolute atomic E-state index is 0.375. The summed E-state index contributed by atoms with van der Waals surface area (Å²) >= 11 is 0. The van der Waals surface area contributed by atoms with Crippen molar-refractivity contribution in [2.75, 3.05) is 26.4 Å². The van der Waals surface area contributed by atoms with Gasteiger partial charge in [0.2, 0.25) is 0 Å². The molecule has 59 heavy (non-hydrogen) atoms. The largest absolute Gasteiger partial charge is 0.463 e. The van der Waals surface area contributed by atoms with E-state index in [2.05, 4.69) is 0 Å². The summed E-state index contributed by atoms with van der Waals surface area (Å²) in [4.78, 5) is 95.6. The predicted octanol–water partition coefficient (Wildman–Crippen LogP) is -0.0636. The van der Waals surface area contributed by atoms with E-state index in [0.29, 0.717) is 0 Å². The molecule has 0 N–H and O–H groups in total. The molecule has 2 aliphatic heterocycles. The van der Waals surface area contributed by atoms with Gasteiger partial charge in [-0.3, -0.25) is 47.9 Å². The molecule has 2 aliphatic rings. The summed E-state index contributed by atoms with van der Waals surface area (Å²) in [6, 6.07) is 3.80.